The van der Waals surface area contributed by atoms with Crippen LogP contribution in [0.1, 0.15) is 5.82 Å². The predicted molar refractivity (Wildman–Crippen MR) is 88.9 cm³/mol. The zero-order valence-electron chi connectivity index (χ0n) is 12.6. The van der Waals surface area contributed by atoms with Gasteiger partial charge in [0, 0.05) is 6.20 Å². The SMILES string of the molecule is Cc1nc(NC(=O)Oc2ccccc2Cl)nc(-c2ccccn2)n1. The molecule has 8 heteroatoms. The fourth-order valence-electron chi connectivity index (χ4n) is 1.89. The van der Waals surface area contributed by atoms with Crippen molar-refractivity contribution in [2.75, 3.05) is 5.32 Å². The van der Waals surface area contributed by atoms with Crippen molar-refractivity contribution in [1.82, 2.24) is 19.9 Å². The molecule has 0 aliphatic rings. The second-order valence-electron chi connectivity index (χ2n) is 4.69. The van der Waals surface area contributed by atoms with Gasteiger partial charge in [-0.2, -0.15) is 9.97 Å². The fraction of sp³-hybridized carbons (Fsp3) is 0.0625. The van der Waals surface area contributed by atoms with Gasteiger partial charge in [0.2, 0.25) is 5.95 Å². The number of pyridine rings is 1. The lowest BCUT2D eigenvalue weighted by Gasteiger charge is -2.08. The highest BCUT2D eigenvalue weighted by Gasteiger charge is 2.12. The predicted octanol–water partition coefficient (Wildman–Crippen LogP) is 3.51. The maximum Gasteiger partial charge on any atom is 0.419 e. The fourth-order valence-corrected chi connectivity index (χ4v) is 2.07. The van der Waals surface area contributed by atoms with Crippen molar-refractivity contribution in [1.29, 1.82) is 0 Å². The van der Waals surface area contributed by atoms with Crippen LogP contribution < -0.4 is 10.1 Å². The molecule has 0 saturated carbocycles. The van der Waals surface area contributed by atoms with Gasteiger partial charge in [0.25, 0.3) is 0 Å². The minimum Gasteiger partial charge on any atom is -0.408 e. The first-order chi connectivity index (χ1) is 11.6. The first-order valence-corrected chi connectivity index (χ1v) is 7.37. The van der Waals surface area contributed by atoms with Crippen LogP contribution in [0.4, 0.5) is 10.7 Å². The molecule has 0 atom stereocenters. The molecular formula is C16H12ClN5O2. The smallest absolute Gasteiger partial charge is 0.408 e. The van der Waals surface area contributed by atoms with E-state index in [1.807, 2.05) is 6.07 Å². The van der Waals surface area contributed by atoms with Crippen LogP contribution in [0.2, 0.25) is 5.02 Å². The molecule has 0 bridgehead atoms. The molecule has 0 radical (unpaired) electrons. The van der Waals surface area contributed by atoms with Crippen LogP contribution in [0.25, 0.3) is 11.5 Å². The number of aryl methyl sites for hydroxylation is 1. The number of rotatable bonds is 3. The van der Waals surface area contributed by atoms with E-state index in [4.69, 9.17) is 16.3 Å². The number of hydrogen-bond acceptors (Lipinski definition) is 6. The van der Waals surface area contributed by atoms with Gasteiger partial charge < -0.3 is 4.74 Å². The van der Waals surface area contributed by atoms with Crippen molar-refractivity contribution in [3.63, 3.8) is 0 Å². The minimum absolute atomic E-state index is 0.0696. The molecule has 1 N–H and O–H groups in total. The van der Waals surface area contributed by atoms with Crippen molar-refractivity contribution in [3.8, 4) is 17.3 Å². The van der Waals surface area contributed by atoms with E-state index in [0.717, 1.165) is 0 Å². The van der Waals surface area contributed by atoms with Crippen molar-refractivity contribution >= 4 is 23.6 Å². The summed E-state index contributed by atoms with van der Waals surface area (Å²) >= 11 is 5.95. The van der Waals surface area contributed by atoms with Crippen molar-refractivity contribution in [3.05, 3.63) is 59.5 Å². The van der Waals surface area contributed by atoms with E-state index in [0.29, 0.717) is 22.4 Å². The maximum atomic E-state index is 12.0. The molecule has 3 aromatic rings. The molecule has 1 amide bonds. The van der Waals surface area contributed by atoms with Crippen molar-refractivity contribution < 1.29 is 9.53 Å². The van der Waals surface area contributed by atoms with Crippen LogP contribution in [0.15, 0.2) is 48.7 Å². The normalized spacial score (nSPS) is 10.2. The Morgan fingerprint density at radius 1 is 1.08 bits per heavy atom. The summed E-state index contributed by atoms with van der Waals surface area (Å²) in [5.74, 6) is 1.11. The van der Waals surface area contributed by atoms with Gasteiger partial charge in [-0.05, 0) is 31.2 Å². The number of nitrogens with one attached hydrogen (secondary N) is 1. The lowest BCUT2D eigenvalue weighted by molar-refractivity contribution is 0.215. The van der Waals surface area contributed by atoms with Crippen LogP contribution in [-0.4, -0.2) is 26.0 Å². The first kappa shape index (κ1) is 15.8. The summed E-state index contributed by atoms with van der Waals surface area (Å²) in [6.45, 7) is 1.69. The molecule has 0 aliphatic heterocycles. The van der Waals surface area contributed by atoms with Gasteiger partial charge >= 0.3 is 6.09 Å². The second kappa shape index (κ2) is 7.01. The number of ether oxygens (including phenoxy) is 1. The zero-order chi connectivity index (χ0) is 16.9. The quantitative estimate of drug-likeness (QED) is 0.784. The topological polar surface area (TPSA) is 89.9 Å². The number of amides is 1. The van der Waals surface area contributed by atoms with Gasteiger partial charge in [-0.3, -0.25) is 10.3 Å². The Hall–Kier alpha value is -3.06. The minimum atomic E-state index is -0.749. The number of anilines is 1. The van der Waals surface area contributed by atoms with E-state index in [-0.39, 0.29) is 11.7 Å². The Kier molecular flexibility index (Phi) is 4.62. The molecule has 3 rings (SSSR count). The van der Waals surface area contributed by atoms with Crippen LogP contribution >= 0.6 is 11.6 Å². The Balaban J connectivity index is 1.79. The number of nitrogens with zero attached hydrogens (tertiary/aromatic N) is 4. The Morgan fingerprint density at radius 2 is 1.88 bits per heavy atom. The molecule has 7 nitrogen and oxygen atoms in total. The Bertz CT molecular complexity index is 873. The summed E-state index contributed by atoms with van der Waals surface area (Å²) in [5, 5.41) is 2.79. The standard InChI is InChI=1S/C16H12ClN5O2/c1-10-19-14(12-7-4-5-9-18-12)21-15(20-10)22-16(23)24-13-8-3-2-6-11(13)17/h2-9H,1H3,(H,19,20,21,22,23). The second-order valence-corrected chi connectivity index (χ2v) is 5.10. The zero-order valence-corrected chi connectivity index (χ0v) is 13.4. The van der Waals surface area contributed by atoms with Gasteiger partial charge in [-0.1, -0.05) is 29.8 Å². The molecule has 0 aliphatic carbocycles. The lowest BCUT2D eigenvalue weighted by atomic mass is 10.3. The third-order valence-electron chi connectivity index (χ3n) is 2.89. The monoisotopic (exact) mass is 341 g/mol. The Labute approximate surface area is 142 Å². The van der Waals surface area contributed by atoms with Crippen LogP contribution in [-0.2, 0) is 0 Å². The van der Waals surface area contributed by atoms with Gasteiger partial charge in [0.1, 0.15) is 11.5 Å². The highest BCUT2D eigenvalue weighted by Crippen LogP contribution is 2.23. The van der Waals surface area contributed by atoms with E-state index < -0.39 is 6.09 Å². The molecular weight excluding hydrogens is 330 g/mol. The summed E-state index contributed by atoms with van der Waals surface area (Å²) in [4.78, 5) is 28.6. The third kappa shape index (κ3) is 3.82. The van der Waals surface area contributed by atoms with E-state index in [1.165, 1.54) is 0 Å². The highest BCUT2D eigenvalue weighted by molar-refractivity contribution is 6.32. The summed E-state index contributed by atoms with van der Waals surface area (Å²) in [5.41, 5.74) is 0.575. The average Bonchev–Trinajstić information content (AvgIpc) is 2.57. The number of hydrogen-bond donors (Lipinski definition) is 1. The maximum absolute atomic E-state index is 12.0. The van der Waals surface area contributed by atoms with Gasteiger partial charge in [0.05, 0.1) is 5.02 Å². The first-order valence-electron chi connectivity index (χ1n) is 6.99. The Morgan fingerprint density at radius 3 is 2.62 bits per heavy atom. The van der Waals surface area contributed by atoms with E-state index in [1.54, 1.807) is 49.5 Å². The molecule has 2 heterocycles. The van der Waals surface area contributed by atoms with Gasteiger partial charge in [-0.15, -0.1) is 0 Å². The van der Waals surface area contributed by atoms with Crippen LogP contribution in [0, 0.1) is 6.92 Å². The summed E-state index contributed by atoms with van der Waals surface area (Å²) in [7, 11) is 0. The number of carbonyl (C=O) groups is 1. The molecule has 0 unspecified atom stereocenters. The molecule has 24 heavy (non-hydrogen) atoms. The average molecular weight is 342 g/mol. The molecule has 120 valence electrons. The van der Waals surface area contributed by atoms with E-state index in [2.05, 4.69) is 25.3 Å². The number of aromatic nitrogens is 4. The number of halogens is 1. The number of carbonyl (C=O) groups excluding carboxylic acids is 1. The third-order valence-corrected chi connectivity index (χ3v) is 3.21. The largest absolute Gasteiger partial charge is 0.419 e. The number of para-hydroxylation sites is 1. The van der Waals surface area contributed by atoms with E-state index >= 15 is 0 Å². The van der Waals surface area contributed by atoms with E-state index in [9.17, 15) is 4.79 Å². The molecule has 0 fully saturated rings. The van der Waals surface area contributed by atoms with Crippen molar-refractivity contribution in [2.24, 2.45) is 0 Å². The highest BCUT2D eigenvalue weighted by atomic mass is 35.5. The molecule has 0 saturated heterocycles. The molecule has 2 aromatic heterocycles. The van der Waals surface area contributed by atoms with Crippen molar-refractivity contribution in [2.45, 2.75) is 6.92 Å². The van der Waals surface area contributed by atoms with Crippen LogP contribution in [0.5, 0.6) is 5.75 Å². The molecule has 1 aromatic carbocycles. The summed E-state index contributed by atoms with van der Waals surface area (Å²) < 4.78 is 5.14. The van der Waals surface area contributed by atoms with Gasteiger partial charge in [0.15, 0.2) is 11.6 Å². The lowest BCUT2D eigenvalue weighted by Crippen LogP contribution is -2.19. The molecule has 0 spiro atoms. The number of benzene rings is 1. The van der Waals surface area contributed by atoms with Crippen LogP contribution in [0.3, 0.4) is 0 Å². The summed E-state index contributed by atoms with van der Waals surface area (Å²) in [6.07, 6.45) is 0.883. The summed E-state index contributed by atoms with van der Waals surface area (Å²) in [6, 6.07) is 12.0. The van der Waals surface area contributed by atoms with Gasteiger partial charge in [-0.25, -0.2) is 9.78 Å².